The number of para-hydroxylation sites is 1. The summed E-state index contributed by atoms with van der Waals surface area (Å²) < 4.78 is 79.5. The molecule has 0 saturated heterocycles. The number of benzene rings is 2. The molecule has 0 radical (unpaired) electrons. The van der Waals surface area contributed by atoms with Gasteiger partial charge in [-0.2, -0.15) is 26.3 Å². The minimum Gasteiger partial charge on any atom is -0.324 e. The summed E-state index contributed by atoms with van der Waals surface area (Å²) in [5.41, 5.74) is -2.30. The number of fused-ring (bicyclic) bond motifs is 1. The molecule has 0 saturated carbocycles. The van der Waals surface area contributed by atoms with Crippen LogP contribution in [0.3, 0.4) is 0 Å². The van der Waals surface area contributed by atoms with E-state index in [0.717, 1.165) is 37.7 Å². The van der Waals surface area contributed by atoms with E-state index in [2.05, 4.69) is 12.2 Å². The number of aryl methyl sites for hydroxylation is 1. The first-order valence-electron chi connectivity index (χ1n) is 12.4. The van der Waals surface area contributed by atoms with Crippen molar-refractivity contribution < 1.29 is 35.9 Å². The first-order chi connectivity index (χ1) is 17.4. The molecule has 1 atom stereocenters. The van der Waals surface area contributed by atoms with Gasteiger partial charge in [0.05, 0.1) is 11.1 Å². The highest BCUT2D eigenvalue weighted by molar-refractivity contribution is 6.06. The number of alkyl halides is 6. The van der Waals surface area contributed by atoms with Crippen molar-refractivity contribution >= 4 is 23.2 Å². The van der Waals surface area contributed by atoms with E-state index in [0.29, 0.717) is 30.7 Å². The van der Waals surface area contributed by atoms with Gasteiger partial charge in [-0.15, -0.1) is 0 Å². The monoisotopic (exact) mass is 528 g/mol. The first-order valence-corrected chi connectivity index (χ1v) is 12.4. The van der Waals surface area contributed by atoms with Gasteiger partial charge >= 0.3 is 12.4 Å². The fraction of sp³-hybridized carbons (Fsp3) is 0.481. The number of rotatable bonds is 9. The minimum atomic E-state index is -5.04. The van der Waals surface area contributed by atoms with Crippen LogP contribution >= 0.6 is 0 Å². The Labute approximate surface area is 212 Å². The molecule has 0 aromatic heterocycles. The van der Waals surface area contributed by atoms with Crippen molar-refractivity contribution in [1.82, 2.24) is 0 Å². The predicted octanol–water partition coefficient (Wildman–Crippen LogP) is 7.76. The van der Waals surface area contributed by atoms with Gasteiger partial charge in [-0.3, -0.25) is 14.5 Å². The summed E-state index contributed by atoms with van der Waals surface area (Å²) >= 11 is 0. The van der Waals surface area contributed by atoms with Gasteiger partial charge in [-0.1, -0.05) is 57.2 Å². The van der Waals surface area contributed by atoms with Crippen LogP contribution in [0.15, 0.2) is 42.5 Å². The number of hydrogen-bond donors (Lipinski definition) is 1. The smallest absolute Gasteiger partial charge is 0.324 e. The van der Waals surface area contributed by atoms with E-state index in [1.165, 1.54) is 4.90 Å². The third-order valence-corrected chi connectivity index (χ3v) is 6.42. The van der Waals surface area contributed by atoms with Crippen molar-refractivity contribution in [2.45, 2.75) is 83.1 Å². The van der Waals surface area contributed by atoms with Crippen LogP contribution in [-0.2, 0) is 28.4 Å². The number of nitrogens with one attached hydrogen (secondary N) is 1. The summed E-state index contributed by atoms with van der Waals surface area (Å²) in [7, 11) is 0. The normalized spacial score (nSPS) is 15.9. The zero-order valence-electron chi connectivity index (χ0n) is 20.5. The first kappa shape index (κ1) is 28.5. The number of halogens is 6. The average Bonchev–Trinajstić information content (AvgIpc) is 2.84. The largest absolute Gasteiger partial charge is 0.416 e. The van der Waals surface area contributed by atoms with Crippen molar-refractivity contribution in [3.63, 3.8) is 0 Å². The SMILES string of the molecule is CCCCCCCCC(=O)N1c2ccccc2CCC1C(=O)Nc1cc(C(F)(F)F)cc(C(F)(F)F)c1. The summed E-state index contributed by atoms with van der Waals surface area (Å²) in [6, 6.07) is 6.91. The number of anilines is 2. The number of carbonyl (C=O) groups excluding carboxylic acids is 2. The standard InChI is InChI=1S/C27H30F6N2O2/c1-2-3-4-5-6-7-12-24(36)35-22-11-9-8-10-18(22)13-14-23(35)25(37)34-21-16-19(26(28,29)30)15-20(17-21)27(31,32)33/h8-11,15-17,23H,2-7,12-14H2,1H3,(H,34,37). The lowest BCUT2D eigenvalue weighted by molar-refractivity contribution is -0.143. The Kier molecular flexibility index (Phi) is 9.26. The maximum atomic E-state index is 13.2. The summed E-state index contributed by atoms with van der Waals surface area (Å²) in [6.07, 6.45) is -3.53. The van der Waals surface area contributed by atoms with Crippen molar-refractivity contribution in [3.05, 3.63) is 59.2 Å². The van der Waals surface area contributed by atoms with Crippen molar-refractivity contribution in [2.75, 3.05) is 10.2 Å². The maximum absolute atomic E-state index is 13.2. The Bertz CT molecular complexity index is 1060. The molecule has 37 heavy (non-hydrogen) atoms. The van der Waals surface area contributed by atoms with Crippen LogP contribution in [0.5, 0.6) is 0 Å². The highest BCUT2D eigenvalue weighted by Gasteiger charge is 2.38. The second-order valence-corrected chi connectivity index (χ2v) is 9.25. The molecule has 1 N–H and O–H groups in total. The van der Waals surface area contributed by atoms with Gasteiger partial charge in [0.25, 0.3) is 0 Å². The lowest BCUT2D eigenvalue weighted by Crippen LogP contribution is -2.50. The van der Waals surface area contributed by atoms with Gasteiger partial charge in [-0.25, -0.2) is 0 Å². The van der Waals surface area contributed by atoms with Crippen LogP contribution in [0.4, 0.5) is 37.7 Å². The fourth-order valence-electron chi connectivity index (χ4n) is 4.53. The molecular formula is C27H30F6N2O2. The molecule has 10 heteroatoms. The minimum absolute atomic E-state index is 0.00283. The van der Waals surface area contributed by atoms with Crippen LogP contribution in [0.1, 0.15) is 75.0 Å². The van der Waals surface area contributed by atoms with E-state index in [1.807, 2.05) is 6.07 Å². The quantitative estimate of drug-likeness (QED) is 0.267. The zero-order valence-corrected chi connectivity index (χ0v) is 20.5. The lowest BCUT2D eigenvalue weighted by Gasteiger charge is -2.36. The number of nitrogens with zero attached hydrogens (tertiary/aromatic N) is 1. The Morgan fingerprint density at radius 2 is 1.49 bits per heavy atom. The molecule has 0 spiro atoms. The summed E-state index contributed by atoms with van der Waals surface area (Å²) in [4.78, 5) is 27.8. The van der Waals surface area contributed by atoms with Crippen LogP contribution in [0, 0.1) is 0 Å². The zero-order chi connectivity index (χ0) is 27.2. The third-order valence-electron chi connectivity index (χ3n) is 6.42. The average molecular weight is 529 g/mol. The Hall–Kier alpha value is -3.04. The van der Waals surface area contributed by atoms with Crippen LogP contribution < -0.4 is 10.2 Å². The summed E-state index contributed by atoms with van der Waals surface area (Å²) in [5, 5.41) is 2.21. The molecule has 202 valence electrons. The maximum Gasteiger partial charge on any atom is 0.416 e. The van der Waals surface area contributed by atoms with Gasteiger partial charge in [0.2, 0.25) is 11.8 Å². The highest BCUT2D eigenvalue weighted by atomic mass is 19.4. The highest BCUT2D eigenvalue weighted by Crippen LogP contribution is 2.38. The molecule has 3 rings (SSSR count). The molecule has 1 heterocycles. The van der Waals surface area contributed by atoms with E-state index >= 15 is 0 Å². The molecule has 2 aromatic carbocycles. The molecule has 0 bridgehead atoms. The van der Waals surface area contributed by atoms with E-state index in [4.69, 9.17) is 0 Å². The number of unbranched alkanes of at least 4 members (excludes halogenated alkanes) is 5. The van der Waals surface area contributed by atoms with Gasteiger partial charge in [0, 0.05) is 17.8 Å². The summed E-state index contributed by atoms with van der Waals surface area (Å²) in [5.74, 6) is -1.14. The fourth-order valence-corrected chi connectivity index (χ4v) is 4.53. The molecule has 0 fully saturated rings. The summed E-state index contributed by atoms with van der Waals surface area (Å²) in [6.45, 7) is 2.10. The Morgan fingerprint density at radius 3 is 2.11 bits per heavy atom. The molecule has 1 unspecified atom stereocenters. The molecule has 1 aliphatic rings. The van der Waals surface area contributed by atoms with Crippen molar-refractivity contribution in [1.29, 1.82) is 0 Å². The Morgan fingerprint density at radius 1 is 0.892 bits per heavy atom. The number of carbonyl (C=O) groups is 2. The molecule has 0 aliphatic carbocycles. The second-order valence-electron chi connectivity index (χ2n) is 9.25. The molecular weight excluding hydrogens is 498 g/mol. The third kappa shape index (κ3) is 7.49. The molecule has 4 nitrogen and oxygen atoms in total. The van der Waals surface area contributed by atoms with E-state index in [-0.39, 0.29) is 24.8 Å². The van der Waals surface area contributed by atoms with Crippen LogP contribution in [-0.4, -0.2) is 17.9 Å². The topological polar surface area (TPSA) is 49.4 Å². The van der Waals surface area contributed by atoms with E-state index in [9.17, 15) is 35.9 Å². The van der Waals surface area contributed by atoms with Crippen molar-refractivity contribution in [3.8, 4) is 0 Å². The number of amides is 2. The molecule has 2 amide bonds. The van der Waals surface area contributed by atoms with Crippen LogP contribution in [0.25, 0.3) is 0 Å². The van der Waals surface area contributed by atoms with Crippen molar-refractivity contribution in [2.24, 2.45) is 0 Å². The molecule has 1 aliphatic heterocycles. The molecule has 2 aromatic rings. The lowest BCUT2D eigenvalue weighted by atomic mass is 9.94. The second kappa shape index (κ2) is 12.0. The van der Waals surface area contributed by atoms with E-state index in [1.54, 1.807) is 18.2 Å². The Balaban J connectivity index is 1.83. The predicted molar refractivity (Wildman–Crippen MR) is 129 cm³/mol. The van der Waals surface area contributed by atoms with Gasteiger partial charge < -0.3 is 5.32 Å². The number of hydrogen-bond acceptors (Lipinski definition) is 2. The van der Waals surface area contributed by atoms with Gasteiger partial charge in [-0.05, 0) is 49.1 Å². The van der Waals surface area contributed by atoms with Gasteiger partial charge in [0.1, 0.15) is 6.04 Å². The van der Waals surface area contributed by atoms with Gasteiger partial charge in [0.15, 0.2) is 0 Å². The van der Waals surface area contributed by atoms with E-state index < -0.39 is 41.1 Å². The van der Waals surface area contributed by atoms with Crippen LogP contribution in [0.2, 0.25) is 0 Å².